The smallest absolute Gasteiger partial charge is 0.223 e. The number of nitrogens with zero attached hydrogens (tertiary/aromatic N) is 1. The lowest BCUT2D eigenvalue weighted by Gasteiger charge is -2.31. The number of halogens is 1. The lowest BCUT2D eigenvalue weighted by Crippen LogP contribution is -2.43. The van der Waals surface area contributed by atoms with Gasteiger partial charge in [-0.05, 0) is 68.2 Å². The molecule has 0 radical (unpaired) electrons. The highest BCUT2D eigenvalue weighted by atomic mass is 32.2. The Kier molecular flexibility index (Phi) is 6.96. The van der Waals surface area contributed by atoms with E-state index in [0.29, 0.717) is 12.8 Å². The molecule has 1 heterocycles. The van der Waals surface area contributed by atoms with Gasteiger partial charge in [0, 0.05) is 24.6 Å². The number of amides is 1. The molecule has 7 heteroatoms. The minimum atomic E-state index is -3.62. The van der Waals surface area contributed by atoms with Gasteiger partial charge in [0.1, 0.15) is 5.82 Å². The van der Waals surface area contributed by atoms with E-state index in [1.54, 1.807) is 12.1 Å². The maximum absolute atomic E-state index is 13.9. The minimum absolute atomic E-state index is 0.0265. The summed E-state index contributed by atoms with van der Waals surface area (Å²) in [6.45, 7) is 2.56. The van der Waals surface area contributed by atoms with E-state index in [1.165, 1.54) is 40.4 Å². The molecule has 1 aliphatic carbocycles. The Balaban J connectivity index is 1.32. The molecule has 0 spiro atoms. The first-order valence-electron chi connectivity index (χ1n) is 11.5. The third kappa shape index (κ3) is 5.21. The van der Waals surface area contributed by atoms with E-state index in [0.717, 1.165) is 18.4 Å². The Bertz CT molecular complexity index is 1080. The molecule has 172 valence electrons. The molecule has 1 N–H and O–H groups in total. The lowest BCUT2D eigenvalue weighted by atomic mass is 9.89. The second-order valence-electron chi connectivity index (χ2n) is 8.99. The zero-order valence-corrected chi connectivity index (χ0v) is 19.3. The summed E-state index contributed by atoms with van der Waals surface area (Å²) in [6, 6.07) is 12.4. The van der Waals surface area contributed by atoms with Crippen LogP contribution in [-0.2, 0) is 33.4 Å². The minimum Gasteiger partial charge on any atom is -0.349 e. The van der Waals surface area contributed by atoms with Crippen LogP contribution in [0.3, 0.4) is 0 Å². The van der Waals surface area contributed by atoms with Gasteiger partial charge in [0.15, 0.2) is 0 Å². The molecule has 1 amide bonds. The first-order chi connectivity index (χ1) is 15.3. The van der Waals surface area contributed by atoms with E-state index in [9.17, 15) is 17.6 Å². The fourth-order valence-corrected chi connectivity index (χ4v) is 6.31. The summed E-state index contributed by atoms with van der Waals surface area (Å²) in [5, 5.41) is 3.12. The molecule has 1 saturated heterocycles. The largest absolute Gasteiger partial charge is 0.349 e. The first-order valence-corrected chi connectivity index (χ1v) is 13.1. The molecule has 32 heavy (non-hydrogen) atoms. The summed E-state index contributed by atoms with van der Waals surface area (Å²) in [5.74, 6) is -1.11. The predicted molar refractivity (Wildman–Crippen MR) is 123 cm³/mol. The summed E-state index contributed by atoms with van der Waals surface area (Å²) in [7, 11) is -3.62. The van der Waals surface area contributed by atoms with Crippen molar-refractivity contribution in [1.29, 1.82) is 0 Å². The predicted octanol–water partition coefficient (Wildman–Crippen LogP) is 4.12. The average molecular weight is 459 g/mol. The summed E-state index contributed by atoms with van der Waals surface area (Å²) in [4.78, 5) is 12.8. The van der Waals surface area contributed by atoms with Crippen molar-refractivity contribution in [3.63, 3.8) is 0 Å². The van der Waals surface area contributed by atoms with Gasteiger partial charge < -0.3 is 5.32 Å². The Morgan fingerprint density at radius 3 is 2.50 bits per heavy atom. The van der Waals surface area contributed by atoms with Crippen LogP contribution in [-0.4, -0.2) is 31.7 Å². The molecule has 1 atom stereocenters. The van der Waals surface area contributed by atoms with Gasteiger partial charge in [0.25, 0.3) is 0 Å². The molecular formula is C25H31FN2O3S. The molecule has 0 aromatic heterocycles. The number of rotatable bonds is 6. The molecule has 5 nitrogen and oxygen atoms in total. The quantitative estimate of drug-likeness (QED) is 0.708. The zero-order chi connectivity index (χ0) is 22.7. The maximum Gasteiger partial charge on any atom is 0.223 e. The monoisotopic (exact) mass is 458 g/mol. The van der Waals surface area contributed by atoms with E-state index >= 15 is 0 Å². The van der Waals surface area contributed by atoms with Crippen molar-refractivity contribution >= 4 is 15.9 Å². The number of aryl methyl sites for hydroxylation is 2. The zero-order valence-electron chi connectivity index (χ0n) is 18.5. The average Bonchev–Trinajstić information content (AvgIpc) is 2.80. The molecule has 1 aliphatic heterocycles. The number of hydrogen-bond donors (Lipinski definition) is 1. The van der Waals surface area contributed by atoms with Crippen LogP contribution in [0, 0.1) is 11.7 Å². The second-order valence-corrected chi connectivity index (χ2v) is 11.0. The Hall–Kier alpha value is -2.25. The van der Waals surface area contributed by atoms with E-state index in [2.05, 4.69) is 23.5 Å². The van der Waals surface area contributed by atoms with Crippen molar-refractivity contribution in [2.24, 2.45) is 5.92 Å². The van der Waals surface area contributed by atoms with Crippen LogP contribution in [0.25, 0.3) is 0 Å². The van der Waals surface area contributed by atoms with Crippen molar-refractivity contribution in [3.8, 4) is 0 Å². The van der Waals surface area contributed by atoms with Crippen molar-refractivity contribution in [2.45, 2.75) is 57.2 Å². The van der Waals surface area contributed by atoms with E-state index in [4.69, 9.17) is 0 Å². The normalized spacial score (nSPS) is 18.7. The maximum atomic E-state index is 13.9. The number of sulfonamides is 1. The van der Waals surface area contributed by atoms with Gasteiger partial charge in [-0.25, -0.2) is 17.1 Å². The molecule has 0 bridgehead atoms. The van der Waals surface area contributed by atoms with E-state index in [-0.39, 0.29) is 42.3 Å². The van der Waals surface area contributed by atoms with Crippen molar-refractivity contribution in [1.82, 2.24) is 9.62 Å². The molecular weight excluding hydrogens is 427 g/mol. The van der Waals surface area contributed by atoms with Crippen LogP contribution in [0.5, 0.6) is 0 Å². The van der Waals surface area contributed by atoms with Crippen molar-refractivity contribution in [3.05, 3.63) is 70.5 Å². The number of benzene rings is 2. The molecule has 2 aliphatic rings. The second kappa shape index (κ2) is 9.71. The van der Waals surface area contributed by atoms with Gasteiger partial charge in [0.05, 0.1) is 11.8 Å². The molecule has 0 saturated carbocycles. The highest BCUT2D eigenvalue weighted by Gasteiger charge is 2.32. The van der Waals surface area contributed by atoms with Gasteiger partial charge in [0.2, 0.25) is 15.9 Å². The lowest BCUT2D eigenvalue weighted by molar-refractivity contribution is -0.126. The third-order valence-electron chi connectivity index (χ3n) is 6.75. The van der Waals surface area contributed by atoms with Gasteiger partial charge >= 0.3 is 0 Å². The standard InChI is InChI=1S/C25H31FN2O3S/c1-18(21-11-10-19-6-2-3-7-22(19)16-21)27-25(29)20-12-14-28(15-13-20)32(30,31)17-23-8-4-5-9-24(23)26/h4-5,8-11,16,18,20H,2-3,6-7,12-15,17H2,1H3,(H,27,29)/t18-/m1/s1. The number of fused-ring (bicyclic) bond motifs is 1. The Morgan fingerprint density at radius 2 is 1.78 bits per heavy atom. The number of piperidine rings is 1. The van der Waals surface area contributed by atoms with E-state index in [1.807, 2.05) is 6.92 Å². The molecule has 2 aromatic carbocycles. The van der Waals surface area contributed by atoms with Crippen molar-refractivity contribution < 1.29 is 17.6 Å². The van der Waals surface area contributed by atoms with Crippen molar-refractivity contribution in [2.75, 3.05) is 13.1 Å². The van der Waals surface area contributed by atoms with Crippen LogP contribution in [0.1, 0.15) is 60.9 Å². The Labute approximate surface area is 190 Å². The molecule has 1 fully saturated rings. The third-order valence-corrected chi connectivity index (χ3v) is 8.57. The molecule has 2 aromatic rings. The van der Waals surface area contributed by atoms with Crippen LogP contribution >= 0.6 is 0 Å². The number of hydrogen-bond acceptors (Lipinski definition) is 3. The SMILES string of the molecule is C[C@@H](NC(=O)C1CCN(S(=O)(=O)Cc2ccccc2F)CC1)c1ccc2c(c1)CCCC2. The van der Waals surface area contributed by atoms with Crippen LogP contribution in [0.4, 0.5) is 4.39 Å². The number of carbonyl (C=O) groups is 1. The summed E-state index contributed by atoms with van der Waals surface area (Å²) in [5.41, 5.74) is 4.10. The van der Waals surface area contributed by atoms with Gasteiger partial charge in [-0.15, -0.1) is 0 Å². The van der Waals surface area contributed by atoms with Gasteiger partial charge in [-0.2, -0.15) is 0 Å². The fraction of sp³-hybridized carbons (Fsp3) is 0.480. The Morgan fingerprint density at radius 1 is 1.09 bits per heavy atom. The first kappa shape index (κ1) is 22.9. The van der Waals surface area contributed by atoms with Gasteiger partial charge in [-0.1, -0.05) is 36.4 Å². The topological polar surface area (TPSA) is 66.5 Å². The van der Waals surface area contributed by atoms with Crippen LogP contribution < -0.4 is 5.32 Å². The molecule has 0 unspecified atom stereocenters. The summed E-state index contributed by atoms with van der Waals surface area (Å²) < 4.78 is 40.7. The van der Waals surface area contributed by atoms with Crippen LogP contribution in [0.15, 0.2) is 42.5 Å². The molecule has 4 rings (SSSR count). The van der Waals surface area contributed by atoms with E-state index < -0.39 is 15.8 Å². The highest BCUT2D eigenvalue weighted by molar-refractivity contribution is 7.88. The number of carbonyl (C=O) groups excluding carboxylic acids is 1. The fourth-order valence-electron chi connectivity index (χ4n) is 4.74. The van der Waals surface area contributed by atoms with Gasteiger partial charge in [-0.3, -0.25) is 4.79 Å². The number of nitrogens with one attached hydrogen (secondary N) is 1. The summed E-state index contributed by atoms with van der Waals surface area (Å²) in [6.07, 6.45) is 5.64. The van der Waals surface area contributed by atoms with Crippen LogP contribution in [0.2, 0.25) is 0 Å². The summed E-state index contributed by atoms with van der Waals surface area (Å²) >= 11 is 0. The highest BCUT2D eigenvalue weighted by Crippen LogP contribution is 2.26.